The molecule has 0 aromatic carbocycles. The Kier molecular flexibility index (Phi) is 3.12. The van der Waals surface area contributed by atoms with Gasteiger partial charge in [0.25, 0.3) is 0 Å². The molecule has 2 bridgehead atoms. The van der Waals surface area contributed by atoms with Crippen LogP contribution >= 0.6 is 0 Å². The summed E-state index contributed by atoms with van der Waals surface area (Å²) in [6.07, 6.45) is -3.80. The molecule has 18 heavy (non-hydrogen) atoms. The van der Waals surface area contributed by atoms with Crippen LogP contribution in [0.2, 0.25) is 0 Å². The number of aliphatic hydroxyl groups is 1. The van der Waals surface area contributed by atoms with Crippen molar-refractivity contribution >= 4 is 5.97 Å². The second-order valence-electron chi connectivity index (χ2n) is 5.82. The fourth-order valence-electron chi connectivity index (χ4n) is 2.76. The number of ether oxygens (including phenoxy) is 1. The highest BCUT2D eigenvalue weighted by Gasteiger charge is 2.57. The maximum absolute atomic E-state index is 12.7. The van der Waals surface area contributed by atoms with Crippen molar-refractivity contribution in [1.29, 1.82) is 0 Å². The minimum Gasteiger partial charge on any atom is -0.459 e. The minimum absolute atomic E-state index is 0.0120. The van der Waals surface area contributed by atoms with E-state index >= 15 is 0 Å². The van der Waals surface area contributed by atoms with Crippen molar-refractivity contribution in [2.75, 3.05) is 0 Å². The van der Waals surface area contributed by atoms with Crippen molar-refractivity contribution in [3.05, 3.63) is 0 Å². The van der Waals surface area contributed by atoms with Crippen LogP contribution < -0.4 is 0 Å². The van der Waals surface area contributed by atoms with Crippen LogP contribution in [-0.4, -0.2) is 29.5 Å². The fourth-order valence-corrected chi connectivity index (χ4v) is 2.76. The van der Waals surface area contributed by atoms with Gasteiger partial charge < -0.3 is 9.84 Å². The average Bonchev–Trinajstić information content (AvgIpc) is 2.80. The number of alkyl halides is 3. The lowest BCUT2D eigenvalue weighted by Crippen LogP contribution is -2.45. The van der Waals surface area contributed by atoms with E-state index in [9.17, 15) is 23.1 Å². The number of rotatable bonds is 2. The molecule has 2 aliphatic rings. The Labute approximate surface area is 103 Å². The topological polar surface area (TPSA) is 46.5 Å². The van der Waals surface area contributed by atoms with Crippen LogP contribution in [0.5, 0.6) is 0 Å². The first-order valence-electron chi connectivity index (χ1n) is 6.10. The lowest BCUT2D eigenvalue weighted by molar-refractivity contribution is -0.231. The normalized spacial score (nSPS) is 35.9. The van der Waals surface area contributed by atoms with E-state index in [2.05, 4.69) is 0 Å². The third kappa shape index (κ3) is 2.00. The van der Waals surface area contributed by atoms with Crippen LogP contribution in [0.25, 0.3) is 0 Å². The first-order valence-corrected chi connectivity index (χ1v) is 6.10. The monoisotopic (exact) mass is 266 g/mol. The standard InChI is InChI=1S/C12H17F3O3/c1-11(2,12(13,14)15)10(17)18-9-7-4-3-6(5-7)8(9)16/h6-9,16H,3-5H2,1-2H3. The molecule has 0 amide bonds. The van der Waals surface area contributed by atoms with Gasteiger partial charge in [-0.2, -0.15) is 13.2 Å². The van der Waals surface area contributed by atoms with Crippen molar-refractivity contribution in [3.8, 4) is 0 Å². The molecule has 0 aromatic rings. The smallest absolute Gasteiger partial charge is 0.404 e. The maximum atomic E-state index is 12.7. The Hall–Kier alpha value is -0.780. The second-order valence-corrected chi connectivity index (χ2v) is 5.82. The Morgan fingerprint density at radius 2 is 1.78 bits per heavy atom. The summed E-state index contributed by atoms with van der Waals surface area (Å²) in [6.45, 7) is 1.60. The number of carbonyl (C=O) groups is 1. The van der Waals surface area contributed by atoms with Gasteiger partial charge in [0.05, 0.1) is 6.10 Å². The molecule has 1 N–H and O–H groups in total. The summed E-state index contributed by atoms with van der Waals surface area (Å²) in [5, 5.41) is 9.84. The van der Waals surface area contributed by atoms with Gasteiger partial charge in [0.15, 0.2) is 5.41 Å². The van der Waals surface area contributed by atoms with Crippen LogP contribution in [0.3, 0.4) is 0 Å². The lowest BCUT2D eigenvalue weighted by atomic mass is 9.91. The maximum Gasteiger partial charge on any atom is 0.404 e. The molecular formula is C12H17F3O3. The van der Waals surface area contributed by atoms with E-state index in [4.69, 9.17) is 4.74 Å². The molecule has 2 aliphatic carbocycles. The largest absolute Gasteiger partial charge is 0.459 e. The predicted octanol–water partition coefficient (Wildman–Crippen LogP) is 2.28. The zero-order valence-electron chi connectivity index (χ0n) is 10.3. The van der Waals surface area contributed by atoms with Gasteiger partial charge in [0, 0.05) is 0 Å². The van der Waals surface area contributed by atoms with Crippen molar-refractivity contribution in [3.63, 3.8) is 0 Å². The average molecular weight is 266 g/mol. The van der Waals surface area contributed by atoms with Gasteiger partial charge in [-0.3, -0.25) is 4.79 Å². The first-order chi connectivity index (χ1) is 8.14. The molecule has 0 saturated heterocycles. The summed E-state index contributed by atoms with van der Waals surface area (Å²) >= 11 is 0. The minimum atomic E-state index is -4.65. The molecule has 0 radical (unpaired) electrons. The van der Waals surface area contributed by atoms with Crippen molar-refractivity contribution in [2.24, 2.45) is 17.3 Å². The van der Waals surface area contributed by atoms with Crippen LogP contribution in [0.1, 0.15) is 33.1 Å². The van der Waals surface area contributed by atoms with Crippen LogP contribution in [0, 0.1) is 17.3 Å². The first kappa shape index (κ1) is 13.6. The molecule has 2 rings (SSSR count). The molecule has 3 nitrogen and oxygen atoms in total. The molecule has 0 heterocycles. The second kappa shape index (κ2) is 4.11. The molecular weight excluding hydrogens is 249 g/mol. The van der Waals surface area contributed by atoms with Gasteiger partial charge in [-0.1, -0.05) is 0 Å². The molecule has 104 valence electrons. The number of esters is 1. The zero-order valence-corrected chi connectivity index (χ0v) is 10.3. The molecule has 4 unspecified atom stereocenters. The van der Waals surface area contributed by atoms with Crippen LogP contribution in [-0.2, 0) is 9.53 Å². The van der Waals surface area contributed by atoms with Crippen molar-refractivity contribution in [2.45, 2.75) is 51.5 Å². The van der Waals surface area contributed by atoms with Crippen molar-refractivity contribution in [1.82, 2.24) is 0 Å². The molecule has 0 aromatic heterocycles. The number of fused-ring (bicyclic) bond motifs is 2. The number of hydrogen-bond donors (Lipinski definition) is 1. The van der Waals surface area contributed by atoms with E-state index in [1.165, 1.54) is 0 Å². The van der Waals surface area contributed by atoms with E-state index in [1.54, 1.807) is 0 Å². The Morgan fingerprint density at radius 1 is 1.22 bits per heavy atom. The summed E-state index contributed by atoms with van der Waals surface area (Å²) in [6, 6.07) is 0. The molecule has 0 spiro atoms. The van der Waals surface area contributed by atoms with E-state index in [-0.39, 0.29) is 11.8 Å². The summed E-state index contributed by atoms with van der Waals surface area (Å²) in [7, 11) is 0. The number of hydrogen-bond acceptors (Lipinski definition) is 3. The van der Waals surface area contributed by atoms with Gasteiger partial charge in [0.2, 0.25) is 0 Å². The summed E-state index contributed by atoms with van der Waals surface area (Å²) in [4.78, 5) is 11.6. The van der Waals surface area contributed by atoms with E-state index in [1.807, 2.05) is 0 Å². The zero-order chi connectivity index (χ0) is 13.7. The molecule has 2 saturated carbocycles. The van der Waals surface area contributed by atoms with Gasteiger partial charge in [-0.15, -0.1) is 0 Å². The summed E-state index contributed by atoms with van der Waals surface area (Å²) < 4.78 is 43.0. The van der Waals surface area contributed by atoms with Gasteiger partial charge in [0.1, 0.15) is 6.10 Å². The number of halogens is 3. The third-order valence-corrected chi connectivity index (χ3v) is 4.26. The highest BCUT2D eigenvalue weighted by Crippen LogP contribution is 2.47. The highest BCUT2D eigenvalue weighted by molar-refractivity contribution is 5.77. The number of carbonyl (C=O) groups excluding carboxylic acids is 1. The Morgan fingerprint density at radius 3 is 2.22 bits per heavy atom. The van der Waals surface area contributed by atoms with Gasteiger partial charge >= 0.3 is 12.1 Å². The van der Waals surface area contributed by atoms with E-state index in [0.717, 1.165) is 33.1 Å². The van der Waals surface area contributed by atoms with E-state index in [0.29, 0.717) is 0 Å². The summed E-state index contributed by atoms with van der Waals surface area (Å²) in [5.74, 6) is -1.22. The summed E-state index contributed by atoms with van der Waals surface area (Å²) in [5.41, 5.74) is -2.53. The quantitative estimate of drug-likeness (QED) is 0.780. The number of aliphatic hydroxyl groups excluding tert-OH is 1. The SMILES string of the molecule is CC(C)(C(=O)OC1C2CCC(C2)C1O)C(F)(F)F. The van der Waals surface area contributed by atoms with Crippen LogP contribution in [0.15, 0.2) is 0 Å². The van der Waals surface area contributed by atoms with E-state index < -0.39 is 29.8 Å². The molecule has 0 aliphatic heterocycles. The van der Waals surface area contributed by atoms with Gasteiger partial charge in [-0.05, 0) is 44.9 Å². The lowest BCUT2D eigenvalue weighted by Gasteiger charge is -2.31. The third-order valence-electron chi connectivity index (χ3n) is 4.26. The van der Waals surface area contributed by atoms with Gasteiger partial charge in [-0.25, -0.2) is 0 Å². The fraction of sp³-hybridized carbons (Fsp3) is 0.917. The predicted molar refractivity (Wildman–Crippen MR) is 56.6 cm³/mol. The molecule has 6 heteroatoms. The Bertz CT molecular complexity index is 349. The highest BCUT2D eigenvalue weighted by atomic mass is 19.4. The van der Waals surface area contributed by atoms with Crippen LogP contribution in [0.4, 0.5) is 13.2 Å². The molecule has 2 fully saturated rings. The molecule has 4 atom stereocenters. The Balaban J connectivity index is 2.04. The van der Waals surface area contributed by atoms with Crippen molar-refractivity contribution < 1.29 is 27.8 Å².